The third-order valence-corrected chi connectivity index (χ3v) is 3.71. The van der Waals surface area contributed by atoms with Gasteiger partial charge in [0.2, 0.25) is 0 Å². The van der Waals surface area contributed by atoms with Gasteiger partial charge in [0.05, 0.1) is 0 Å². The Hall–Kier alpha value is 0.0200. The molecule has 2 atom stereocenters. The zero-order valence-electron chi connectivity index (χ0n) is 12.0. The second-order valence-electron chi connectivity index (χ2n) is 5.00. The first-order valence-corrected chi connectivity index (χ1v) is 8.61. The first-order chi connectivity index (χ1) is 8.70. The Labute approximate surface area is 113 Å². The average Bonchev–Trinajstić information content (AvgIpc) is 2.33. The van der Waals surface area contributed by atoms with Crippen LogP contribution < -0.4 is 4.89 Å². The minimum atomic E-state index is -2.69. The zero-order chi connectivity index (χ0) is 13.6. The summed E-state index contributed by atoms with van der Waals surface area (Å²) in [6.07, 6.45) is 12.4. The van der Waals surface area contributed by atoms with Gasteiger partial charge in [-0.05, 0) is 17.4 Å². The first kappa shape index (κ1) is 18.0. The molecule has 18 heavy (non-hydrogen) atoms. The summed E-state index contributed by atoms with van der Waals surface area (Å²) in [7, 11) is -2.69. The summed E-state index contributed by atoms with van der Waals surface area (Å²) in [5, 5.41) is 0. The molecule has 2 unspecified atom stereocenters. The molecule has 0 saturated carbocycles. The predicted molar refractivity (Wildman–Crippen MR) is 74.6 cm³/mol. The molecule has 4 heteroatoms. The van der Waals surface area contributed by atoms with Crippen LogP contribution in [0.25, 0.3) is 0 Å². The Bertz CT molecular complexity index is 197. The van der Waals surface area contributed by atoms with E-state index in [2.05, 4.69) is 13.8 Å². The van der Waals surface area contributed by atoms with Crippen LogP contribution in [0.15, 0.2) is 0 Å². The number of rotatable bonds is 13. The van der Waals surface area contributed by atoms with Crippen LogP contribution in [-0.2, 0) is 9.09 Å². The van der Waals surface area contributed by atoms with Gasteiger partial charge in [0.1, 0.15) is 6.10 Å². The van der Waals surface area contributed by atoms with Gasteiger partial charge in [-0.15, -0.1) is 4.52 Å². The average molecular weight is 276 g/mol. The van der Waals surface area contributed by atoms with Gasteiger partial charge >= 0.3 is 8.25 Å². The van der Waals surface area contributed by atoms with E-state index in [0.717, 1.165) is 25.7 Å². The Morgan fingerprint density at radius 3 is 1.78 bits per heavy atom. The van der Waals surface area contributed by atoms with E-state index in [1.165, 1.54) is 44.9 Å². The molecule has 0 fully saturated rings. The maximum Gasteiger partial charge on any atom is 0.488 e. The normalized spacial score (nSPS) is 13.6. The van der Waals surface area contributed by atoms with E-state index in [4.69, 9.17) is 4.52 Å². The van der Waals surface area contributed by atoms with Gasteiger partial charge in [-0.1, -0.05) is 71.6 Å². The van der Waals surface area contributed by atoms with Crippen molar-refractivity contribution in [3.05, 3.63) is 0 Å². The molecule has 108 valence electrons. The Morgan fingerprint density at radius 2 is 1.33 bits per heavy atom. The summed E-state index contributed by atoms with van der Waals surface area (Å²) in [6.45, 7) is 4.37. The minimum absolute atomic E-state index is 0.0791. The highest BCUT2D eigenvalue weighted by Crippen LogP contribution is 2.22. The van der Waals surface area contributed by atoms with E-state index in [-0.39, 0.29) is 6.10 Å². The van der Waals surface area contributed by atoms with Crippen molar-refractivity contribution in [2.75, 3.05) is 0 Å². The fraction of sp³-hybridized carbons (Fsp3) is 1.00. The van der Waals surface area contributed by atoms with Crippen molar-refractivity contribution in [1.29, 1.82) is 0 Å². The van der Waals surface area contributed by atoms with Crippen LogP contribution >= 0.6 is 8.25 Å². The van der Waals surface area contributed by atoms with Gasteiger partial charge in [0.25, 0.3) is 0 Å². The maximum atomic E-state index is 10.6. The second kappa shape index (κ2) is 13.5. The number of hydrogen-bond acceptors (Lipinski definition) is 3. The van der Waals surface area contributed by atoms with Gasteiger partial charge in [0.15, 0.2) is 0 Å². The van der Waals surface area contributed by atoms with E-state index in [9.17, 15) is 9.46 Å². The van der Waals surface area contributed by atoms with Crippen molar-refractivity contribution >= 4 is 8.25 Å². The molecule has 0 bridgehead atoms. The molecule has 0 N–H and O–H groups in total. The van der Waals surface area contributed by atoms with E-state index in [1.807, 2.05) is 0 Å². The SMILES string of the molecule is CCCCCCCC(CCCCCC)O[P+](=O)[O-]. The highest BCUT2D eigenvalue weighted by Gasteiger charge is 2.16. The third kappa shape index (κ3) is 12.5. The van der Waals surface area contributed by atoms with Crippen molar-refractivity contribution in [1.82, 2.24) is 0 Å². The molecule has 0 amide bonds. The van der Waals surface area contributed by atoms with Crippen LogP contribution in [0.1, 0.15) is 84.5 Å². The Balaban J connectivity index is 3.66. The van der Waals surface area contributed by atoms with Crippen LogP contribution in [0.4, 0.5) is 0 Å². The van der Waals surface area contributed by atoms with Gasteiger partial charge in [-0.2, -0.15) is 0 Å². The van der Waals surface area contributed by atoms with Gasteiger partial charge in [-0.3, -0.25) is 0 Å². The summed E-state index contributed by atoms with van der Waals surface area (Å²) in [5.41, 5.74) is 0. The fourth-order valence-corrected chi connectivity index (χ4v) is 2.60. The summed E-state index contributed by atoms with van der Waals surface area (Å²) < 4.78 is 15.6. The fourth-order valence-electron chi connectivity index (χ4n) is 2.15. The topological polar surface area (TPSA) is 49.4 Å². The summed E-state index contributed by atoms with van der Waals surface area (Å²) in [5.74, 6) is 0. The molecule has 0 aliphatic rings. The molecule has 0 spiro atoms. The van der Waals surface area contributed by atoms with Gasteiger partial charge in [-0.25, -0.2) is 0 Å². The molecule has 0 saturated heterocycles. The first-order valence-electron chi connectivity index (χ1n) is 7.51. The van der Waals surface area contributed by atoms with Crippen LogP contribution in [0, 0.1) is 0 Å². The molecule has 0 rings (SSSR count). The molecule has 0 aliphatic heterocycles. The molecule has 3 nitrogen and oxygen atoms in total. The predicted octanol–water partition coefficient (Wildman–Crippen LogP) is 4.72. The molecule has 0 aliphatic carbocycles. The van der Waals surface area contributed by atoms with E-state index in [0.29, 0.717) is 0 Å². The Morgan fingerprint density at radius 1 is 0.889 bits per heavy atom. The number of hydrogen-bond donors (Lipinski definition) is 0. The maximum absolute atomic E-state index is 10.6. The Kier molecular flexibility index (Phi) is 13.5. The van der Waals surface area contributed by atoms with Crippen molar-refractivity contribution in [3.8, 4) is 0 Å². The minimum Gasteiger partial charge on any atom is -0.566 e. The quantitative estimate of drug-likeness (QED) is 0.361. The molecular formula is C14H29O3P. The zero-order valence-corrected chi connectivity index (χ0v) is 12.9. The monoisotopic (exact) mass is 276 g/mol. The largest absolute Gasteiger partial charge is 0.566 e. The molecule has 0 heterocycles. The van der Waals surface area contributed by atoms with Gasteiger partial charge in [0, 0.05) is 0 Å². The van der Waals surface area contributed by atoms with E-state index in [1.54, 1.807) is 0 Å². The summed E-state index contributed by atoms with van der Waals surface area (Å²) in [4.78, 5) is 10.6. The van der Waals surface area contributed by atoms with Crippen LogP contribution in [0.3, 0.4) is 0 Å². The highest BCUT2D eigenvalue weighted by molar-refractivity contribution is 7.30. The van der Waals surface area contributed by atoms with Crippen molar-refractivity contribution in [3.63, 3.8) is 0 Å². The van der Waals surface area contributed by atoms with Crippen LogP contribution in [0.5, 0.6) is 0 Å². The standard InChI is InChI=1S/C14H29O3P/c1-3-5-7-9-11-13-14(17-18(15)16)12-10-8-6-4-2/h14H,3-13H2,1-2H3. The smallest absolute Gasteiger partial charge is 0.488 e. The molecule has 0 aromatic carbocycles. The summed E-state index contributed by atoms with van der Waals surface area (Å²) >= 11 is 0. The summed E-state index contributed by atoms with van der Waals surface area (Å²) in [6, 6.07) is 0. The molecule has 0 aromatic rings. The van der Waals surface area contributed by atoms with E-state index >= 15 is 0 Å². The van der Waals surface area contributed by atoms with Crippen LogP contribution in [-0.4, -0.2) is 6.10 Å². The molecular weight excluding hydrogens is 247 g/mol. The lowest BCUT2D eigenvalue weighted by Crippen LogP contribution is -2.11. The third-order valence-electron chi connectivity index (χ3n) is 3.24. The lowest BCUT2D eigenvalue weighted by molar-refractivity contribution is -0.189. The molecule has 0 aromatic heterocycles. The van der Waals surface area contributed by atoms with Gasteiger partial charge < -0.3 is 4.89 Å². The highest BCUT2D eigenvalue weighted by atomic mass is 31.1. The number of unbranched alkanes of at least 4 members (excludes halogenated alkanes) is 7. The second-order valence-corrected chi connectivity index (χ2v) is 5.66. The lowest BCUT2D eigenvalue weighted by Gasteiger charge is -2.11. The van der Waals surface area contributed by atoms with Crippen molar-refractivity contribution < 1.29 is 14.0 Å². The van der Waals surface area contributed by atoms with Crippen molar-refractivity contribution in [2.24, 2.45) is 0 Å². The van der Waals surface area contributed by atoms with Crippen molar-refractivity contribution in [2.45, 2.75) is 90.6 Å². The van der Waals surface area contributed by atoms with Crippen LogP contribution in [0.2, 0.25) is 0 Å². The van der Waals surface area contributed by atoms with E-state index < -0.39 is 8.25 Å². The lowest BCUT2D eigenvalue weighted by atomic mass is 10.0. The molecule has 0 radical (unpaired) electrons.